The fourth-order valence-electron chi connectivity index (χ4n) is 2.48. The number of nitrogens with zero attached hydrogens (tertiary/aromatic N) is 1. The zero-order chi connectivity index (χ0) is 21.6. The van der Waals surface area contributed by atoms with Crippen molar-refractivity contribution in [2.75, 3.05) is 14.2 Å². The van der Waals surface area contributed by atoms with E-state index in [9.17, 15) is 27.9 Å². The molecule has 0 aliphatic heterocycles. The fraction of sp³-hybridized carbons (Fsp3) is 0.316. The minimum absolute atomic E-state index is 0.0230. The molecular weight excluding hydrogens is 393 g/mol. The number of benzene rings is 1. The number of rotatable bonds is 7. The minimum Gasteiger partial charge on any atom is -0.481 e. The summed E-state index contributed by atoms with van der Waals surface area (Å²) in [4.78, 5) is 28.3. The highest BCUT2D eigenvalue weighted by Gasteiger charge is 2.31. The highest BCUT2D eigenvalue weighted by molar-refractivity contribution is 5.87. The van der Waals surface area contributed by atoms with Crippen molar-refractivity contribution in [1.82, 2.24) is 10.3 Å². The monoisotopic (exact) mass is 412 g/mol. The van der Waals surface area contributed by atoms with Gasteiger partial charge in [0.15, 0.2) is 6.10 Å². The van der Waals surface area contributed by atoms with Crippen LogP contribution in [0, 0.1) is 0 Å². The molecule has 0 radical (unpaired) electrons. The Morgan fingerprint density at radius 2 is 1.79 bits per heavy atom. The van der Waals surface area contributed by atoms with E-state index in [1.807, 2.05) is 0 Å². The van der Waals surface area contributed by atoms with Gasteiger partial charge in [0.2, 0.25) is 5.88 Å². The lowest BCUT2D eigenvalue weighted by Gasteiger charge is -2.19. The van der Waals surface area contributed by atoms with Crippen molar-refractivity contribution in [3.63, 3.8) is 0 Å². The van der Waals surface area contributed by atoms with Crippen molar-refractivity contribution < 1.29 is 37.3 Å². The molecule has 1 amide bonds. The van der Waals surface area contributed by atoms with E-state index < -0.39 is 35.8 Å². The summed E-state index contributed by atoms with van der Waals surface area (Å²) in [5.41, 5.74) is -0.371. The number of carbonyl (C=O) groups excluding carboxylic acids is 2. The number of nitrogens with one attached hydrogen (secondary N) is 1. The van der Waals surface area contributed by atoms with Gasteiger partial charge < -0.3 is 19.9 Å². The minimum atomic E-state index is -4.53. The van der Waals surface area contributed by atoms with Gasteiger partial charge in [-0.05, 0) is 23.3 Å². The first-order valence-corrected chi connectivity index (χ1v) is 8.38. The van der Waals surface area contributed by atoms with E-state index in [0.29, 0.717) is 11.4 Å². The number of hydrogen-bond donors (Lipinski definition) is 2. The normalized spacial score (nSPS) is 13.3. The first-order chi connectivity index (χ1) is 13.7. The van der Waals surface area contributed by atoms with E-state index in [2.05, 4.69) is 15.0 Å². The second kappa shape index (κ2) is 9.37. The third-order valence-electron chi connectivity index (χ3n) is 4.05. The van der Waals surface area contributed by atoms with Gasteiger partial charge in [-0.25, -0.2) is 9.78 Å². The SMILES string of the molecule is COC(=O)[C@@H](Cc1ccc(OC)nc1)NC(=O)[C@H](O)c1ccc(C(F)(F)F)cc1. The van der Waals surface area contributed by atoms with Crippen molar-refractivity contribution in [3.05, 3.63) is 59.3 Å². The van der Waals surface area contributed by atoms with E-state index in [4.69, 9.17) is 4.74 Å². The molecule has 0 saturated carbocycles. The third-order valence-corrected chi connectivity index (χ3v) is 4.05. The number of aliphatic hydroxyl groups excluding tert-OH is 1. The predicted octanol–water partition coefficient (Wildman–Crippen LogP) is 2.04. The summed E-state index contributed by atoms with van der Waals surface area (Å²) in [6.45, 7) is 0. The van der Waals surface area contributed by atoms with Gasteiger partial charge in [-0.2, -0.15) is 13.2 Å². The van der Waals surface area contributed by atoms with Crippen molar-refractivity contribution >= 4 is 11.9 Å². The molecule has 0 bridgehead atoms. The van der Waals surface area contributed by atoms with Gasteiger partial charge in [0.25, 0.3) is 5.91 Å². The van der Waals surface area contributed by atoms with Gasteiger partial charge >= 0.3 is 12.1 Å². The summed E-state index contributed by atoms with van der Waals surface area (Å²) < 4.78 is 47.5. The first-order valence-electron chi connectivity index (χ1n) is 8.38. The summed E-state index contributed by atoms with van der Waals surface area (Å²) in [5, 5.41) is 12.5. The number of hydrogen-bond acceptors (Lipinski definition) is 6. The lowest BCUT2D eigenvalue weighted by Crippen LogP contribution is -2.45. The maximum atomic E-state index is 12.6. The molecule has 156 valence electrons. The van der Waals surface area contributed by atoms with E-state index in [0.717, 1.165) is 31.4 Å². The second-order valence-corrected chi connectivity index (χ2v) is 6.02. The van der Waals surface area contributed by atoms with Gasteiger partial charge in [-0.1, -0.05) is 18.2 Å². The zero-order valence-electron chi connectivity index (χ0n) is 15.6. The molecule has 2 rings (SSSR count). The van der Waals surface area contributed by atoms with Crippen molar-refractivity contribution in [2.45, 2.75) is 24.7 Å². The first kappa shape index (κ1) is 22.2. The molecule has 2 N–H and O–H groups in total. The maximum absolute atomic E-state index is 12.6. The van der Waals surface area contributed by atoms with E-state index >= 15 is 0 Å². The quantitative estimate of drug-likeness (QED) is 0.676. The topological polar surface area (TPSA) is 97.8 Å². The van der Waals surface area contributed by atoms with E-state index in [1.165, 1.54) is 13.3 Å². The molecule has 29 heavy (non-hydrogen) atoms. The number of esters is 1. The largest absolute Gasteiger partial charge is 0.481 e. The smallest absolute Gasteiger partial charge is 0.416 e. The summed E-state index contributed by atoms with van der Waals surface area (Å²) in [7, 11) is 2.59. The van der Waals surface area contributed by atoms with Crippen LogP contribution in [-0.4, -0.2) is 42.2 Å². The highest BCUT2D eigenvalue weighted by atomic mass is 19.4. The molecule has 0 saturated heterocycles. The van der Waals surface area contributed by atoms with Gasteiger partial charge in [-0.3, -0.25) is 4.79 Å². The van der Waals surface area contributed by atoms with Crippen LogP contribution in [0.25, 0.3) is 0 Å². The average Bonchev–Trinajstić information content (AvgIpc) is 2.72. The highest BCUT2D eigenvalue weighted by Crippen LogP contribution is 2.30. The van der Waals surface area contributed by atoms with Gasteiger partial charge in [-0.15, -0.1) is 0 Å². The number of methoxy groups -OCH3 is 2. The molecule has 2 atom stereocenters. The Morgan fingerprint density at radius 3 is 2.28 bits per heavy atom. The summed E-state index contributed by atoms with van der Waals surface area (Å²) in [6.07, 6.45) is -4.82. The number of pyridine rings is 1. The Hall–Kier alpha value is -3.14. The standard InChI is InChI=1S/C19H19F3N2O5/c1-28-15-8-3-11(10-23-15)9-14(18(27)29-2)24-17(26)16(25)12-4-6-13(7-5-12)19(20,21)22/h3-8,10,14,16,25H,9H2,1-2H3,(H,24,26)/t14-,16-/m1/s1. The van der Waals surface area contributed by atoms with Crippen LogP contribution in [0.15, 0.2) is 42.6 Å². The van der Waals surface area contributed by atoms with Crippen LogP contribution >= 0.6 is 0 Å². The van der Waals surface area contributed by atoms with Crippen molar-refractivity contribution in [1.29, 1.82) is 0 Å². The molecule has 0 spiro atoms. The Bertz CT molecular complexity index is 838. The van der Waals surface area contributed by atoms with Gasteiger partial charge in [0, 0.05) is 18.7 Å². The van der Waals surface area contributed by atoms with Crippen LogP contribution in [0.5, 0.6) is 5.88 Å². The number of halogens is 3. The van der Waals surface area contributed by atoms with Crippen LogP contribution in [-0.2, 0) is 26.9 Å². The zero-order valence-corrected chi connectivity index (χ0v) is 15.6. The Kier molecular flexibility index (Phi) is 7.16. The molecule has 0 aliphatic rings. The van der Waals surface area contributed by atoms with Crippen LogP contribution < -0.4 is 10.1 Å². The molecular formula is C19H19F3N2O5. The lowest BCUT2D eigenvalue weighted by molar-refractivity contribution is -0.146. The summed E-state index contributed by atoms with van der Waals surface area (Å²) >= 11 is 0. The predicted molar refractivity (Wildman–Crippen MR) is 94.8 cm³/mol. The number of aliphatic hydroxyl groups is 1. The Balaban J connectivity index is 2.10. The third kappa shape index (κ3) is 5.92. The molecule has 1 heterocycles. The maximum Gasteiger partial charge on any atom is 0.416 e. The van der Waals surface area contributed by atoms with Gasteiger partial charge in [0.05, 0.1) is 19.8 Å². The number of carbonyl (C=O) groups is 2. The van der Waals surface area contributed by atoms with Crippen LogP contribution in [0.1, 0.15) is 22.8 Å². The average molecular weight is 412 g/mol. The van der Waals surface area contributed by atoms with E-state index in [-0.39, 0.29) is 12.0 Å². The number of amides is 1. The van der Waals surface area contributed by atoms with Gasteiger partial charge in [0.1, 0.15) is 6.04 Å². The number of ether oxygens (including phenoxy) is 2. The van der Waals surface area contributed by atoms with Crippen LogP contribution in [0.4, 0.5) is 13.2 Å². The molecule has 2 aromatic rings. The van der Waals surface area contributed by atoms with E-state index in [1.54, 1.807) is 12.1 Å². The molecule has 0 fully saturated rings. The van der Waals surface area contributed by atoms with Crippen LogP contribution in [0.3, 0.4) is 0 Å². The van der Waals surface area contributed by atoms with Crippen molar-refractivity contribution in [2.24, 2.45) is 0 Å². The molecule has 1 aromatic heterocycles. The molecule has 1 aromatic carbocycles. The molecule has 10 heteroatoms. The Labute approximate surface area is 164 Å². The molecule has 0 aliphatic carbocycles. The van der Waals surface area contributed by atoms with Crippen molar-refractivity contribution in [3.8, 4) is 5.88 Å². The molecule has 0 unspecified atom stereocenters. The summed E-state index contributed by atoms with van der Waals surface area (Å²) in [6, 6.07) is 5.58. The Morgan fingerprint density at radius 1 is 1.14 bits per heavy atom. The fourth-order valence-corrected chi connectivity index (χ4v) is 2.48. The lowest BCUT2D eigenvalue weighted by atomic mass is 10.0. The molecule has 7 nitrogen and oxygen atoms in total. The number of alkyl halides is 3. The summed E-state index contributed by atoms with van der Waals surface area (Å²) in [5.74, 6) is -1.35. The second-order valence-electron chi connectivity index (χ2n) is 6.02. The number of aromatic nitrogens is 1. The van der Waals surface area contributed by atoms with Crippen LogP contribution in [0.2, 0.25) is 0 Å².